The van der Waals surface area contributed by atoms with Crippen LogP contribution in [0.15, 0.2) is 48.5 Å². The van der Waals surface area contributed by atoms with Crippen molar-refractivity contribution >= 4 is 0 Å². The third kappa shape index (κ3) is 10.6. The lowest BCUT2D eigenvalue weighted by atomic mass is 9.97. The van der Waals surface area contributed by atoms with Crippen LogP contribution >= 0.6 is 0 Å². The first-order valence-corrected chi connectivity index (χ1v) is 13.2. The molecule has 2 unspecified atom stereocenters. The molecule has 0 N–H and O–H groups in total. The summed E-state index contributed by atoms with van der Waals surface area (Å²) >= 11 is 0. The van der Waals surface area contributed by atoms with Gasteiger partial charge in [0.05, 0.1) is 6.61 Å². The quantitative estimate of drug-likeness (QED) is 0.428. The molecule has 1 aliphatic heterocycles. The van der Waals surface area contributed by atoms with Gasteiger partial charge in [-0.1, -0.05) is 55.8 Å². The van der Waals surface area contributed by atoms with Crippen molar-refractivity contribution in [3.05, 3.63) is 65.2 Å². The molecule has 0 aliphatic carbocycles. The Bertz CT molecular complexity index is 788. The van der Waals surface area contributed by atoms with Gasteiger partial charge in [-0.3, -0.25) is 0 Å². The Morgan fingerprint density at radius 1 is 0.941 bits per heavy atom. The molecule has 0 amide bonds. The van der Waals surface area contributed by atoms with Gasteiger partial charge in [-0.25, -0.2) is 0 Å². The van der Waals surface area contributed by atoms with Crippen molar-refractivity contribution < 1.29 is 4.74 Å². The zero-order valence-corrected chi connectivity index (χ0v) is 22.9. The first-order chi connectivity index (χ1) is 16.4. The van der Waals surface area contributed by atoms with Crippen LogP contribution in [-0.4, -0.2) is 75.7 Å². The molecule has 2 atom stereocenters. The summed E-state index contributed by atoms with van der Waals surface area (Å²) < 4.78 is 6.11. The Labute approximate surface area is 209 Å². The third-order valence-corrected chi connectivity index (χ3v) is 6.42. The molecule has 4 heteroatoms. The number of benzene rings is 2. The second-order valence-electron chi connectivity index (χ2n) is 10.2. The average molecular weight is 468 g/mol. The van der Waals surface area contributed by atoms with E-state index in [0.717, 1.165) is 45.0 Å². The van der Waals surface area contributed by atoms with E-state index in [1.54, 1.807) is 0 Å². The lowest BCUT2D eigenvalue weighted by Gasteiger charge is -2.29. The monoisotopic (exact) mass is 467 g/mol. The molecule has 0 saturated carbocycles. The van der Waals surface area contributed by atoms with Gasteiger partial charge in [-0.05, 0) is 90.1 Å². The maximum absolute atomic E-state index is 6.11. The highest BCUT2D eigenvalue weighted by Crippen LogP contribution is 2.20. The number of ether oxygens (including phenoxy) is 1. The lowest BCUT2D eigenvalue weighted by Crippen LogP contribution is -2.34. The van der Waals surface area contributed by atoms with Gasteiger partial charge in [0.25, 0.3) is 0 Å². The molecular formula is C30H49N3O. The SMILES string of the molecule is CC.Cc1ccc(CN(C)CC(Cc2ccc(OCC3CCCN(C)C3)cc2)CN(C)C)cc1. The van der Waals surface area contributed by atoms with Crippen LogP contribution in [-0.2, 0) is 13.0 Å². The fraction of sp³-hybridized carbons (Fsp3) is 0.600. The molecule has 0 spiro atoms. The minimum atomic E-state index is 0.588. The summed E-state index contributed by atoms with van der Waals surface area (Å²) in [5.41, 5.74) is 4.10. The molecule has 1 saturated heterocycles. The van der Waals surface area contributed by atoms with E-state index in [1.807, 2.05) is 13.8 Å². The van der Waals surface area contributed by atoms with E-state index < -0.39 is 0 Å². The maximum atomic E-state index is 6.11. The summed E-state index contributed by atoms with van der Waals surface area (Å²) in [6.45, 7) is 12.5. The van der Waals surface area contributed by atoms with Crippen molar-refractivity contribution in [3.8, 4) is 5.75 Å². The van der Waals surface area contributed by atoms with E-state index in [9.17, 15) is 0 Å². The van der Waals surface area contributed by atoms with Crippen LogP contribution in [0, 0.1) is 18.8 Å². The Hall–Kier alpha value is -1.88. The molecule has 190 valence electrons. The van der Waals surface area contributed by atoms with Gasteiger partial charge in [0, 0.05) is 32.1 Å². The fourth-order valence-corrected chi connectivity index (χ4v) is 4.89. The summed E-state index contributed by atoms with van der Waals surface area (Å²) in [7, 11) is 8.80. The maximum Gasteiger partial charge on any atom is 0.119 e. The minimum Gasteiger partial charge on any atom is -0.493 e. The van der Waals surface area contributed by atoms with Gasteiger partial charge in [0.2, 0.25) is 0 Å². The smallest absolute Gasteiger partial charge is 0.119 e. The van der Waals surface area contributed by atoms with Crippen LogP contribution in [0.2, 0.25) is 0 Å². The second kappa shape index (κ2) is 15.2. The lowest BCUT2D eigenvalue weighted by molar-refractivity contribution is 0.150. The van der Waals surface area contributed by atoms with Crippen LogP contribution in [0.1, 0.15) is 43.4 Å². The first-order valence-electron chi connectivity index (χ1n) is 13.2. The van der Waals surface area contributed by atoms with Crippen molar-refractivity contribution in [2.45, 2.75) is 46.6 Å². The summed E-state index contributed by atoms with van der Waals surface area (Å²) in [5.74, 6) is 2.24. The molecule has 1 aliphatic rings. The molecule has 3 rings (SSSR count). The van der Waals surface area contributed by atoms with Crippen LogP contribution in [0.25, 0.3) is 0 Å². The Kier molecular flexibility index (Phi) is 12.7. The van der Waals surface area contributed by atoms with Crippen molar-refractivity contribution in [1.82, 2.24) is 14.7 Å². The van der Waals surface area contributed by atoms with Crippen molar-refractivity contribution in [3.63, 3.8) is 0 Å². The summed E-state index contributed by atoms with van der Waals surface area (Å²) in [6.07, 6.45) is 3.66. The number of hydrogen-bond acceptors (Lipinski definition) is 4. The van der Waals surface area contributed by atoms with Crippen LogP contribution in [0.4, 0.5) is 0 Å². The minimum absolute atomic E-state index is 0.588. The molecule has 34 heavy (non-hydrogen) atoms. The fourth-order valence-electron chi connectivity index (χ4n) is 4.89. The summed E-state index contributed by atoms with van der Waals surface area (Å²) in [4.78, 5) is 7.18. The third-order valence-electron chi connectivity index (χ3n) is 6.42. The van der Waals surface area contributed by atoms with Gasteiger partial charge in [-0.15, -0.1) is 0 Å². The highest BCUT2D eigenvalue weighted by Gasteiger charge is 2.18. The summed E-state index contributed by atoms with van der Waals surface area (Å²) in [5, 5.41) is 0. The average Bonchev–Trinajstić information content (AvgIpc) is 2.81. The molecular weight excluding hydrogens is 418 g/mol. The van der Waals surface area contributed by atoms with Crippen LogP contribution in [0.3, 0.4) is 0 Å². The first kappa shape index (κ1) is 28.4. The summed E-state index contributed by atoms with van der Waals surface area (Å²) in [6, 6.07) is 17.7. The van der Waals surface area contributed by atoms with Crippen LogP contribution in [0.5, 0.6) is 5.75 Å². The topological polar surface area (TPSA) is 19.0 Å². The van der Waals surface area contributed by atoms with Crippen molar-refractivity contribution in [2.75, 3.05) is 61.0 Å². The number of piperidine rings is 1. The number of likely N-dealkylation sites (tertiary alicyclic amines) is 1. The Balaban J connectivity index is 0.00000199. The number of rotatable bonds is 11. The number of aryl methyl sites for hydroxylation is 1. The van der Waals surface area contributed by atoms with Crippen molar-refractivity contribution in [1.29, 1.82) is 0 Å². The molecule has 0 bridgehead atoms. The highest BCUT2D eigenvalue weighted by atomic mass is 16.5. The number of hydrogen-bond donors (Lipinski definition) is 0. The van der Waals surface area contributed by atoms with E-state index >= 15 is 0 Å². The van der Waals surface area contributed by atoms with Gasteiger partial charge in [0.1, 0.15) is 5.75 Å². The zero-order chi connectivity index (χ0) is 24.9. The molecule has 0 radical (unpaired) electrons. The Morgan fingerprint density at radius 2 is 1.59 bits per heavy atom. The van der Waals surface area contributed by atoms with Gasteiger partial charge >= 0.3 is 0 Å². The number of nitrogens with zero attached hydrogens (tertiary/aromatic N) is 3. The predicted molar refractivity (Wildman–Crippen MR) is 147 cm³/mol. The molecule has 0 aromatic heterocycles. The highest BCUT2D eigenvalue weighted by molar-refractivity contribution is 5.27. The van der Waals surface area contributed by atoms with Gasteiger partial charge in [0.15, 0.2) is 0 Å². The molecule has 2 aromatic rings. The largest absolute Gasteiger partial charge is 0.493 e. The molecule has 1 fully saturated rings. The van der Waals surface area contributed by atoms with E-state index in [1.165, 1.54) is 36.1 Å². The molecule has 4 nitrogen and oxygen atoms in total. The predicted octanol–water partition coefficient (Wildman–Crippen LogP) is 5.59. The Morgan fingerprint density at radius 3 is 2.21 bits per heavy atom. The van der Waals surface area contributed by atoms with Crippen molar-refractivity contribution in [2.24, 2.45) is 11.8 Å². The van der Waals surface area contributed by atoms with E-state index in [-0.39, 0.29) is 0 Å². The second-order valence-corrected chi connectivity index (χ2v) is 10.2. The van der Waals surface area contributed by atoms with Crippen LogP contribution < -0.4 is 4.74 Å². The standard InChI is InChI=1S/C28H43N3O.C2H6/c1-23-8-10-25(11-9-23)19-31(5)21-27(18-29(2)3)17-24-12-14-28(15-13-24)32-22-26-7-6-16-30(4)20-26;1-2/h8-15,26-27H,6-7,16-22H2,1-5H3;1-2H3. The molecule has 1 heterocycles. The van der Waals surface area contributed by atoms with E-state index in [4.69, 9.17) is 4.74 Å². The van der Waals surface area contributed by atoms with E-state index in [0.29, 0.717) is 11.8 Å². The van der Waals surface area contributed by atoms with Gasteiger partial charge < -0.3 is 19.4 Å². The van der Waals surface area contributed by atoms with E-state index in [2.05, 4.69) is 98.3 Å². The molecule has 2 aromatic carbocycles. The van der Waals surface area contributed by atoms with Gasteiger partial charge in [-0.2, -0.15) is 0 Å². The zero-order valence-electron chi connectivity index (χ0n) is 22.9. The normalized spacial score (nSPS) is 17.4.